The maximum absolute atomic E-state index is 14.0. The van der Waals surface area contributed by atoms with Crippen LogP contribution in [0.3, 0.4) is 0 Å². The molecule has 0 aliphatic rings. The fraction of sp³-hybridized carbons (Fsp3) is 0.0364. The van der Waals surface area contributed by atoms with Gasteiger partial charge >= 0.3 is 84.2 Å². The van der Waals surface area contributed by atoms with Crippen molar-refractivity contribution >= 4 is 137 Å². The third-order valence-electron chi connectivity index (χ3n) is 18.9. The number of halogens is 9. The van der Waals surface area contributed by atoms with E-state index in [2.05, 4.69) is 389 Å². The number of ether oxygens (including phenoxy) is 2. The van der Waals surface area contributed by atoms with Gasteiger partial charge in [-0.25, -0.2) is 13.2 Å². The fourth-order valence-electron chi connectivity index (χ4n) is 13.3. The second-order valence-electron chi connectivity index (χ2n) is 28.3. The maximum atomic E-state index is 14.0. The number of anilines is 3. The predicted molar refractivity (Wildman–Crippen MR) is 542 cm³/mol. The van der Waals surface area contributed by atoms with Crippen molar-refractivity contribution in [3.05, 3.63) is 527 Å². The molecular formula is C110H90Cu3F9N3O2P7. The largest absolute Gasteiger partial charge is 1.00 e. The van der Waals surface area contributed by atoms with Gasteiger partial charge in [0, 0.05) is 80.7 Å². The van der Waals surface area contributed by atoms with E-state index < -0.39 is 56.2 Å². The standard InChI is InChI=1S/3C30H24FNP2.2C10H9O.3Cu.F6P/c3*31-25-21-23-26(24-22-25)32(33(27-13-5-1-6-14-27)28-15-7-2-8-16-28)34(29-17-9-3-10-18-29)30-19-11-4-12-20-30;2*1-3-9-5-7-10(8-6-9)11-4-2;;;;1-7(2,3,4,5)6/h3*1-24H;2*5-8H,4H2,2H3;;;;/q;;;2*-1;3*+1;-1. The van der Waals surface area contributed by atoms with Crippen LogP contribution in [0.2, 0.25) is 0 Å². The molecule has 17 rings (SSSR count). The summed E-state index contributed by atoms with van der Waals surface area (Å²) in [5.41, 5.74) is 4.58. The first-order valence-electron chi connectivity index (χ1n) is 41.6. The van der Waals surface area contributed by atoms with Crippen molar-refractivity contribution in [3.63, 3.8) is 0 Å². The van der Waals surface area contributed by atoms with E-state index in [4.69, 9.17) is 22.3 Å². The molecule has 0 aliphatic carbocycles. The molecule has 0 saturated carbocycles. The van der Waals surface area contributed by atoms with Gasteiger partial charge in [0.25, 0.3) is 0 Å². The minimum absolute atomic E-state index is 0. The molecular weight excluding hydrogens is 1970 g/mol. The Morgan fingerprint density at radius 2 is 0.343 bits per heavy atom. The van der Waals surface area contributed by atoms with Crippen LogP contribution in [0.1, 0.15) is 25.0 Å². The number of rotatable bonds is 25. The van der Waals surface area contributed by atoms with Gasteiger partial charge in [-0.15, -0.1) is 35.4 Å². The number of hydrogen-bond donors (Lipinski definition) is 0. The summed E-state index contributed by atoms with van der Waals surface area (Å²) in [5.74, 6) is 5.58. The first kappa shape index (κ1) is 106. The Labute approximate surface area is 819 Å². The Morgan fingerprint density at radius 3 is 0.455 bits per heavy atom. The van der Waals surface area contributed by atoms with Gasteiger partial charge in [-0.1, -0.05) is 364 Å². The van der Waals surface area contributed by atoms with Gasteiger partial charge in [0.2, 0.25) is 0 Å². The second-order valence-corrected chi connectivity index (χ2v) is 43.5. The van der Waals surface area contributed by atoms with Crippen LogP contribution in [-0.4, -0.2) is 13.2 Å². The summed E-state index contributed by atoms with van der Waals surface area (Å²) >= 11 is 0. The third-order valence-corrected chi connectivity index (χ3v) is 35.3. The van der Waals surface area contributed by atoms with E-state index in [9.17, 15) is 38.4 Å². The zero-order chi connectivity index (χ0) is 92.1. The van der Waals surface area contributed by atoms with Crippen LogP contribution in [0, 0.1) is 42.1 Å². The van der Waals surface area contributed by atoms with E-state index >= 15 is 0 Å². The second kappa shape index (κ2) is 53.2. The van der Waals surface area contributed by atoms with Gasteiger partial charge in [0.15, 0.2) is 0 Å². The first-order valence-corrected chi connectivity index (χ1v) is 51.4. The molecule has 17 aromatic carbocycles. The average Bonchev–Trinajstić information content (AvgIpc) is 0.776. The number of benzene rings is 17. The SMILES string of the molecule is F[P-](F)(F)(F)(F)F.Fc1ccc(N(P(c2ccccc2)c2ccccc2)P(c2ccccc2)c2ccccc2)cc1.Fc1ccc(N(P(c2ccccc2)c2ccccc2)P(c2ccccc2)c2ccccc2)cc1.Fc1ccc(N(P(c2ccccc2)c2ccccc2)P(c2ccccc2)c2ccccc2)cc1.[C-]#Cc1ccc(OCC)cc1.[C-]#Cc1ccc(OCC)cc1.[Cu+].[Cu+].[Cu+]. The van der Waals surface area contributed by atoms with E-state index in [1.165, 1.54) is 63.7 Å². The molecule has 688 valence electrons. The van der Waals surface area contributed by atoms with Crippen molar-refractivity contribution < 1.29 is 99.0 Å². The molecule has 17 aromatic rings. The molecule has 0 aliphatic heterocycles. The van der Waals surface area contributed by atoms with Gasteiger partial charge < -0.3 is 35.6 Å². The van der Waals surface area contributed by atoms with Crippen LogP contribution < -0.4 is 86.5 Å². The Balaban J connectivity index is 0.000000194. The Bertz CT molecular complexity index is 5250. The predicted octanol–water partition coefficient (Wildman–Crippen LogP) is 27.6. The molecule has 0 N–H and O–H groups in total. The van der Waals surface area contributed by atoms with Gasteiger partial charge in [-0.05, 0) is 111 Å². The summed E-state index contributed by atoms with van der Waals surface area (Å²) in [6.07, 6.45) is 13.7. The first-order chi connectivity index (χ1) is 63.6. The van der Waals surface area contributed by atoms with Crippen LogP contribution in [0.25, 0.3) is 0 Å². The molecule has 0 fully saturated rings. The summed E-state index contributed by atoms with van der Waals surface area (Å²) in [7, 11) is -16.3. The van der Waals surface area contributed by atoms with Gasteiger partial charge in [-0.3, -0.25) is 11.8 Å². The van der Waals surface area contributed by atoms with Gasteiger partial charge in [0.1, 0.15) is 29.0 Å². The van der Waals surface area contributed by atoms with E-state index in [1.54, 1.807) is 60.7 Å². The molecule has 24 heteroatoms. The van der Waals surface area contributed by atoms with Crippen molar-refractivity contribution in [2.24, 2.45) is 0 Å². The molecule has 0 saturated heterocycles. The average molecular weight is 2060 g/mol. The van der Waals surface area contributed by atoms with Crippen LogP contribution in [0.5, 0.6) is 11.5 Å². The number of nitrogens with zero attached hydrogens (tertiary/aromatic N) is 3. The molecule has 5 nitrogen and oxygen atoms in total. The zero-order valence-electron chi connectivity index (χ0n) is 72.2. The van der Waals surface area contributed by atoms with E-state index in [0.717, 1.165) is 39.7 Å². The molecule has 0 atom stereocenters. The van der Waals surface area contributed by atoms with Crippen LogP contribution >= 0.6 is 56.2 Å². The molecule has 0 aromatic heterocycles. The Hall–Kier alpha value is -11.2. The molecule has 0 radical (unpaired) electrons. The van der Waals surface area contributed by atoms with Crippen molar-refractivity contribution in [1.29, 1.82) is 0 Å². The minimum atomic E-state index is -10.7. The van der Waals surface area contributed by atoms with Crippen molar-refractivity contribution in [2.75, 3.05) is 26.5 Å². The number of hydrogen-bond acceptors (Lipinski definition) is 5. The topological polar surface area (TPSA) is 28.2 Å². The van der Waals surface area contributed by atoms with Crippen molar-refractivity contribution in [2.45, 2.75) is 13.8 Å². The molecule has 0 heterocycles. The summed E-state index contributed by atoms with van der Waals surface area (Å²) in [5, 5.41) is 15.1. The molecule has 0 spiro atoms. The van der Waals surface area contributed by atoms with Gasteiger partial charge in [0.05, 0.1) is 61.6 Å². The smallest absolute Gasteiger partial charge is 0.494 e. The quantitative estimate of drug-likeness (QED) is 0.0187. The molecule has 134 heavy (non-hydrogen) atoms. The monoisotopic (exact) mass is 2060 g/mol. The zero-order valence-corrected chi connectivity index (χ0v) is 81.3. The van der Waals surface area contributed by atoms with Crippen LogP contribution in [0.4, 0.5) is 55.4 Å². The molecule has 0 unspecified atom stereocenters. The summed E-state index contributed by atoms with van der Waals surface area (Å²) < 4.78 is 119. The van der Waals surface area contributed by atoms with Crippen LogP contribution in [-0.2, 0) is 51.2 Å². The Morgan fingerprint density at radius 1 is 0.216 bits per heavy atom. The maximum Gasteiger partial charge on any atom is 1.00 e. The van der Waals surface area contributed by atoms with Gasteiger partial charge in [-0.2, -0.15) is 0 Å². The van der Waals surface area contributed by atoms with E-state index in [0.29, 0.717) is 13.2 Å². The fourth-order valence-corrected chi connectivity index (χ4v) is 31.2. The van der Waals surface area contributed by atoms with Crippen molar-refractivity contribution in [1.82, 2.24) is 0 Å². The Kier molecular flexibility index (Phi) is 42.3. The molecule has 0 bridgehead atoms. The van der Waals surface area contributed by atoms with E-state index in [1.807, 2.05) is 74.5 Å². The summed E-state index contributed by atoms with van der Waals surface area (Å²) in [6, 6.07) is 164. The summed E-state index contributed by atoms with van der Waals surface area (Å²) in [4.78, 5) is 0. The van der Waals surface area contributed by atoms with Crippen LogP contribution in [0.15, 0.2) is 485 Å². The summed E-state index contributed by atoms with van der Waals surface area (Å²) in [6.45, 7) is 5.23. The minimum Gasteiger partial charge on any atom is -0.494 e. The van der Waals surface area contributed by atoms with E-state index in [-0.39, 0.29) is 68.7 Å². The molecule has 0 amide bonds. The van der Waals surface area contributed by atoms with Crippen molar-refractivity contribution in [3.8, 4) is 23.3 Å². The third kappa shape index (κ3) is 33.1. The normalized spacial score (nSPS) is 11.0.